The number of para-hydroxylation sites is 1. The molecule has 0 amide bonds. The van der Waals surface area contributed by atoms with Crippen molar-refractivity contribution in [2.45, 2.75) is 26.7 Å². The van der Waals surface area contributed by atoms with Crippen LogP contribution in [0.3, 0.4) is 0 Å². The molecule has 0 saturated carbocycles. The Bertz CT molecular complexity index is 1350. The molecule has 1 fully saturated rings. The van der Waals surface area contributed by atoms with Gasteiger partial charge >= 0.3 is 0 Å². The maximum Gasteiger partial charge on any atom is 0.211 e. The van der Waals surface area contributed by atoms with E-state index in [2.05, 4.69) is 93.0 Å². The van der Waals surface area contributed by atoms with E-state index in [1.165, 1.54) is 38.3 Å². The highest BCUT2D eigenvalue weighted by molar-refractivity contribution is 7.16. The van der Waals surface area contributed by atoms with E-state index in [0.717, 1.165) is 57.0 Å². The molecule has 0 N–H and O–H groups in total. The third-order valence-corrected chi connectivity index (χ3v) is 8.14. The molecule has 1 aromatic heterocycles. The Hall–Kier alpha value is -3.16. The number of fused-ring (bicyclic) bond motifs is 1. The van der Waals surface area contributed by atoms with Crippen LogP contribution < -0.4 is 9.70 Å². The molecule has 0 atom stereocenters. The van der Waals surface area contributed by atoms with Crippen LogP contribution in [0.5, 0.6) is 0 Å². The van der Waals surface area contributed by atoms with Crippen molar-refractivity contribution in [1.82, 2.24) is 9.47 Å². The van der Waals surface area contributed by atoms with E-state index in [0.29, 0.717) is 0 Å². The average Bonchev–Trinajstić information content (AvgIpc) is 3.46. The van der Waals surface area contributed by atoms with Crippen molar-refractivity contribution in [2.75, 3.05) is 44.3 Å². The summed E-state index contributed by atoms with van der Waals surface area (Å²) in [6, 6.07) is 17.3. The zero-order chi connectivity index (χ0) is 24.9. The number of aryl methyl sites for hydroxylation is 1. The molecule has 188 valence electrons. The van der Waals surface area contributed by atoms with E-state index in [-0.39, 0.29) is 0 Å². The summed E-state index contributed by atoms with van der Waals surface area (Å²) >= 11 is 1.67. The number of nitrogens with zero attached hydrogens (tertiary/aromatic N) is 5. The van der Waals surface area contributed by atoms with Gasteiger partial charge in [-0.3, -0.25) is 0 Å². The maximum absolute atomic E-state index is 5.64. The van der Waals surface area contributed by atoms with Crippen molar-refractivity contribution in [3.05, 3.63) is 75.7 Å². The predicted octanol–water partition coefficient (Wildman–Crippen LogP) is 5.44. The zero-order valence-electron chi connectivity index (χ0n) is 21.5. The normalized spacial score (nSPS) is 18.4. The minimum absolute atomic E-state index is 0.766. The van der Waals surface area contributed by atoms with Crippen LogP contribution >= 0.6 is 11.3 Å². The quantitative estimate of drug-likeness (QED) is 0.320. The highest BCUT2D eigenvalue weighted by Gasteiger charge is 2.25. The van der Waals surface area contributed by atoms with Gasteiger partial charge in [-0.15, -0.1) is 5.10 Å². The monoisotopic (exact) mass is 501 g/mol. The number of hydrogen-bond acceptors (Lipinski definition) is 6. The molecule has 5 rings (SSSR count). The second kappa shape index (κ2) is 11.3. The Kier molecular flexibility index (Phi) is 7.68. The number of allylic oxidation sites excluding steroid dienone is 2. The summed E-state index contributed by atoms with van der Waals surface area (Å²) in [5.41, 5.74) is 7.65. The van der Waals surface area contributed by atoms with Crippen molar-refractivity contribution in [2.24, 2.45) is 17.3 Å². The van der Waals surface area contributed by atoms with Gasteiger partial charge in [-0.05, 0) is 73.7 Å². The van der Waals surface area contributed by atoms with Crippen LogP contribution in [0.1, 0.15) is 32.3 Å². The smallest absolute Gasteiger partial charge is 0.211 e. The Labute approximate surface area is 217 Å². The van der Waals surface area contributed by atoms with Gasteiger partial charge in [0.05, 0.1) is 29.6 Å². The van der Waals surface area contributed by atoms with Crippen LogP contribution in [0.15, 0.2) is 75.6 Å². The molecule has 2 aliphatic rings. The summed E-state index contributed by atoms with van der Waals surface area (Å²) in [5, 5.41) is 9.14. The molecule has 7 heteroatoms. The molecule has 2 heterocycles. The lowest BCUT2D eigenvalue weighted by molar-refractivity contribution is 0.0548. The van der Waals surface area contributed by atoms with Gasteiger partial charge in [-0.1, -0.05) is 35.6 Å². The van der Waals surface area contributed by atoms with Crippen LogP contribution in [0, 0.1) is 0 Å². The SMILES string of the molecule is CCN(CC)c1ccc(/C=C2\CCC(/C=N/N=c3\sc4ccccc4n3C)=C2N2CCOCC2)cc1. The Balaban J connectivity index is 1.45. The van der Waals surface area contributed by atoms with Crippen molar-refractivity contribution in [1.29, 1.82) is 0 Å². The largest absolute Gasteiger partial charge is 0.378 e. The number of ether oxygens (including phenoxy) is 1. The van der Waals surface area contributed by atoms with Gasteiger partial charge < -0.3 is 19.1 Å². The molecule has 3 aromatic rings. The van der Waals surface area contributed by atoms with E-state index in [4.69, 9.17) is 4.74 Å². The zero-order valence-corrected chi connectivity index (χ0v) is 22.3. The Morgan fingerprint density at radius 2 is 1.75 bits per heavy atom. The van der Waals surface area contributed by atoms with Crippen LogP contribution in [-0.4, -0.2) is 55.1 Å². The van der Waals surface area contributed by atoms with E-state index < -0.39 is 0 Å². The van der Waals surface area contributed by atoms with Crippen LogP contribution in [0.4, 0.5) is 5.69 Å². The average molecular weight is 502 g/mol. The fraction of sp³-hybridized carbons (Fsp3) is 0.379. The fourth-order valence-electron chi connectivity index (χ4n) is 5.07. The highest BCUT2D eigenvalue weighted by atomic mass is 32.1. The van der Waals surface area contributed by atoms with Gasteiger partial charge in [-0.25, -0.2) is 0 Å². The number of anilines is 1. The predicted molar refractivity (Wildman–Crippen MR) is 151 cm³/mol. The molecule has 6 nitrogen and oxygen atoms in total. The van der Waals surface area contributed by atoms with Gasteiger partial charge in [-0.2, -0.15) is 5.10 Å². The Morgan fingerprint density at radius 1 is 1.00 bits per heavy atom. The van der Waals surface area contributed by atoms with Crippen molar-refractivity contribution in [3.63, 3.8) is 0 Å². The molecule has 0 spiro atoms. The third kappa shape index (κ3) is 5.18. The van der Waals surface area contributed by atoms with Crippen molar-refractivity contribution < 1.29 is 4.74 Å². The summed E-state index contributed by atoms with van der Waals surface area (Å²) in [7, 11) is 2.05. The van der Waals surface area contributed by atoms with E-state index in [1.807, 2.05) is 13.3 Å². The van der Waals surface area contributed by atoms with Gasteiger partial charge in [0.15, 0.2) is 0 Å². The third-order valence-electron chi connectivity index (χ3n) is 7.03. The molecule has 1 aliphatic heterocycles. The molecule has 36 heavy (non-hydrogen) atoms. The van der Waals surface area contributed by atoms with Gasteiger partial charge in [0, 0.05) is 44.6 Å². The van der Waals surface area contributed by atoms with Gasteiger partial charge in [0.25, 0.3) is 0 Å². The number of rotatable bonds is 7. The number of hydrogen-bond donors (Lipinski definition) is 0. The standard InChI is InChI=1S/C29H35N5OS/c1-4-33(5-2)25-14-10-22(11-15-25)20-23-12-13-24(28(23)34-16-18-35-19-17-34)21-30-31-29-32(3)26-8-6-7-9-27(26)36-29/h6-11,14-15,20-21H,4-5,12-13,16-19H2,1-3H3/b23-20+,30-21+,31-29-. The molecular weight excluding hydrogens is 466 g/mol. The second-order valence-electron chi connectivity index (χ2n) is 9.16. The lowest BCUT2D eigenvalue weighted by Crippen LogP contribution is -2.36. The molecule has 0 radical (unpaired) electrons. The van der Waals surface area contributed by atoms with Gasteiger partial charge in [0.2, 0.25) is 4.80 Å². The van der Waals surface area contributed by atoms with Crippen molar-refractivity contribution in [3.8, 4) is 0 Å². The summed E-state index contributed by atoms with van der Waals surface area (Å²) < 4.78 is 8.97. The van der Waals surface area contributed by atoms with Crippen LogP contribution in [0.2, 0.25) is 0 Å². The molecule has 1 aliphatic carbocycles. The molecule has 2 aromatic carbocycles. The fourth-order valence-corrected chi connectivity index (χ4v) is 6.04. The number of morpholine rings is 1. The lowest BCUT2D eigenvalue weighted by Gasteiger charge is -2.31. The first kappa shape index (κ1) is 24.5. The molecule has 0 unspecified atom stereocenters. The minimum Gasteiger partial charge on any atom is -0.378 e. The number of thiazole rings is 1. The lowest BCUT2D eigenvalue weighted by atomic mass is 10.1. The molecule has 0 bridgehead atoms. The van der Waals surface area contributed by atoms with E-state index in [1.54, 1.807) is 11.3 Å². The Morgan fingerprint density at radius 3 is 2.47 bits per heavy atom. The van der Waals surface area contributed by atoms with E-state index >= 15 is 0 Å². The highest BCUT2D eigenvalue weighted by Crippen LogP contribution is 2.35. The molecule has 1 saturated heterocycles. The number of benzene rings is 2. The van der Waals surface area contributed by atoms with Crippen LogP contribution in [-0.2, 0) is 11.8 Å². The number of aromatic nitrogens is 1. The minimum atomic E-state index is 0.766. The topological polar surface area (TPSA) is 45.4 Å². The van der Waals surface area contributed by atoms with Crippen molar-refractivity contribution >= 4 is 39.5 Å². The van der Waals surface area contributed by atoms with Gasteiger partial charge in [0.1, 0.15) is 0 Å². The first-order chi connectivity index (χ1) is 17.7. The summed E-state index contributed by atoms with van der Waals surface area (Å²) in [5.74, 6) is 0. The maximum atomic E-state index is 5.64. The van der Waals surface area contributed by atoms with Crippen LogP contribution in [0.25, 0.3) is 16.3 Å². The second-order valence-corrected chi connectivity index (χ2v) is 10.2. The first-order valence-corrected chi connectivity index (χ1v) is 13.7. The summed E-state index contributed by atoms with van der Waals surface area (Å²) in [4.78, 5) is 5.75. The summed E-state index contributed by atoms with van der Waals surface area (Å²) in [6.07, 6.45) is 6.32. The molecular formula is C29H35N5OS. The summed E-state index contributed by atoms with van der Waals surface area (Å²) in [6.45, 7) is 9.80. The first-order valence-electron chi connectivity index (χ1n) is 12.9. The van der Waals surface area contributed by atoms with E-state index in [9.17, 15) is 0 Å².